The smallest absolute Gasteiger partial charge is 0.0755 e. The molecule has 0 spiro atoms. The minimum Gasteiger partial charge on any atom is -0.308 e. The highest BCUT2D eigenvalue weighted by Gasteiger charge is 2.16. The van der Waals surface area contributed by atoms with Gasteiger partial charge in [0.05, 0.1) is 22.3 Å². The summed E-state index contributed by atoms with van der Waals surface area (Å²) in [6, 6.07) is 14.0. The van der Waals surface area contributed by atoms with Crippen molar-refractivity contribution < 1.29 is 0 Å². The molecule has 1 N–H and O–H groups in total. The van der Waals surface area contributed by atoms with Gasteiger partial charge in [-0.05, 0) is 36.9 Å². The molecule has 0 aliphatic carbocycles. The molecule has 1 atom stereocenters. The molecule has 1 aromatic carbocycles. The Morgan fingerprint density at radius 2 is 1.95 bits per heavy atom. The molecule has 3 aromatic rings. The Kier molecular flexibility index (Phi) is 3.63. The number of nitrogens with one attached hydrogen (secondary N) is 1. The standard InChI is InChI=1S/C16H14ClN3/c1-18-16(15-8-7-11(17)10-20-15)13-4-2-6-14-12(13)5-3-9-19-14/h2-10,16,18H,1H3. The average molecular weight is 284 g/mol. The van der Waals surface area contributed by atoms with Crippen LogP contribution in [0.5, 0.6) is 0 Å². The van der Waals surface area contributed by atoms with Crippen molar-refractivity contribution in [2.75, 3.05) is 7.05 Å². The second-order valence-electron chi connectivity index (χ2n) is 4.54. The van der Waals surface area contributed by atoms with Crippen LogP contribution in [0.1, 0.15) is 17.3 Å². The first-order valence-corrected chi connectivity index (χ1v) is 6.80. The molecule has 4 heteroatoms. The number of benzene rings is 1. The van der Waals surface area contributed by atoms with E-state index in [1.165, 1.54) is 0 Å². The zero-order valence-corrected chi connectivity index (χ0v) is 11.8. The summed E-state index contributed by atoms with van der Waals surface area (Å²) in [5, 5.41) is 5.09. The lowest BCUT2D eigenvalue weighted by Crippen LogP contribution is -2.19. The van der Waals surface area contributed by atoms with E-state index < -0.39 is 0 Å². The molecule has 0 radical (unpaired) electrons. The molecule has 2 heterocycles. The van der Waals surface area contributed by atoms with Gasteiger partial charge in [0.1, 0.15) is 0 Å². The van der Waals surface area contributed by atoms with E-state index in [0.717, 1.165) is 22.2 Å². The maximum atomic E-state index is 5.91. The van der Waals surface area contributed by atoms with E-state index in [1.807, 2.05) is 37.4 Å². The lowest BCUT2D eigenvalue weighted by Gasteiger charge is -2.18. The fourth-order valence-electron chi connectivity index (χ4n) is 2.40. The zero-order chi connectivity index (χ0) is 13.9. The van der Waals surface area contributed by atoms with Crippen LogP contribution in [0.3, 0.4) is 0 Å². The van der Waals surface area contributed by atoms with E-state index in [4.69, 9.17) is 11.6 Å². The van der Waals surface area contributed by atoms with Gasteiger partial charge in [0, 0.05) is 17.8 Å². The third-order valence-electron chi connectivity index (χ3n) is 3.33. The fourth-order valence-corrected chi connectivity index (χ4v) is 2.51. The Bertz CT molecular complexity index is 720. The first-order chi connectivity index (χ1) is 9.79. The van der Waals surface area contributed by atoms with Crippen LogP contribution >= 0.6 is 11.6 Å². The largest absolute Gasteiger partial charge is 0.308 e. The summed E-state index contributed by atoms with van der Waals surface area (Å²) >= 11 is 5.91. The quantitative estimate of drug-likeness (QED) is 0.798. The van der Waals surface area contributed by atoms with Gasteiger partial charge in [-0.3, -0.25) is 9.97 Å². The van der Waals surface area contributed by atoms with Crippen LogP contribution < -0.4 is 5.32 Å². The van der Waals surface area contributed by atoms with Crippen LogP contribution in [-0.2, 0) is 0 Å². The first kappa shape index (κ1) is 13.0. The van der Waals surface area contributed by atoms with Crippen molar-refractivity contribution in [3.63, 3.8) is 0 Å². The highest BCUT2D eigenvalue weighted by molar-refractivity contribution is 6.30. The molecule has 0 amide bonds. The first-order valence-electron chi connectivity index (χ1n) is 6.42. The van der Waals surface area contributed by atoms with E-state index >= 15 is 0 Å². The average Bonchev–Trinajstić information content (AvgIpc) is 2.50. The predicted molar refractivity (Wildman–Crippen MR) is 81.9 cm³/mol. The lowest BCUT2D eigenvalue weighted by atomic mass is 9.98. The normalized spacial score (nSPS) is 12.5. The number of rotatable bonds is 3. The monoisotopic (exact) mass is 283 g/mol. The molecule has 20 heavy (non-hydrogen) atoms. The SMILES string of the molecule is CNC(c1ccc(Cl)cn1)c1cccc2ncccc12. The summed E-state index contributed by atoms with van der Waals surface area (Å²) in [6.45, 7) is 0. The van der Waals surface area contributed by atoms with Crippen molar-refractivity contribution in [3.8, 4) is 0 Å². The molecule has 3 rings (SSSR count). The summed E-state index contributed by atoms with van der Waals surface area (Å²) < 4.78 is 0. The molecule has 0 aliphatic heterocycles. The second-order valence-corrected chi connectivity index (χ2v) is 4.98. The van der Waals surface area contributed by atoms with Gasteiger partial charge in [-0.25, -0.2) is 0 Å². The Hall–Kier alpha value is -1.97. The van der Waals surface area contributed by atoms with Gasteiger partial charge in [-0.15, -0.1) is 0 Å². The van der Waals surface area contributed by atoms with Crippen LogP contribution in [0.15, 0.2) is 54.9 Å². The Morgan fingerprint density at radius 1 is 1.05 bits per heavy atom. The third-order valence-corrected chi connectivity index (χ3v) is 3.55. The van der Waals surface area contributed by atoms with Gasteiger partial charge in [0.2, 0.25) is 0 Å². The number of nitrogens with zero attached hydrogens (tertiary/aromatic N) is 2. The van der Waals surface area contributed by atoms with Gasteiger partial charge < -0.3 is 5.32 Å². The zero-order valence-electron chi connectivity index (χ0n) is 11.0. The van der Waals surface area contributed by atoms with Crippen LogP contribution in [0.4, 0.5) is 0 Å². The van der Waals surface area contributed by atoms with E-state index in [9.17, 15) is 0 Å². The van der Waals surface area contributed by atoms with Crippen LogP contribution in [0.25, 0.3) is 10.9 Å². The maximum Gasteiger partial charge on any atom is 0.0755 e. The molecule has 100 valence electrons. The molecule has 1 unspecified atom stereocenters. The Balaban J connectivity index is 2.14. The van der Waals surface area contributed by atoms with Crippen LogP contribution in [0.2, 0.25) is 5.02 Å². The molecule has 0 saturated carbocycles. The van der Waals surface area contributed by atoms with Crippen molar-refractivity contribution in [3.05, 3.63) is 71.1 Å². The summed E-state index contributed by atoms with van der Waals surface area (Å²) in [7, 11) is 1.93. The van der Waals surface area contributed by atoms with Gasteiger partial charge in [-0.2, -0.15) is 0 Å². The fraction of sp³-hybridized carbons (Fsp3) is 0.125. The van der Waals surface area contributed by atoms with Gasteiger partial charge in [0.15, 0.2) is 0 Å². The molecule has 0 aliphatic rings. The number of pyridine rings is 2. The van der Waals surface area contributed by atoms with Crippen molar-refractivity contribution in [2.24, 2.45) is 0 Å². The minimum absolute atomic E-state index is 0.0140. The summed E-state index contributed by atoms with van der Waals surface area (Å²) in [6.07, 6.45) is 3.48. The topological polar surface area (TPSA) is 37.8 Å². The van der Waals surface area contributed by atoms with Crippen LogP contribution in [-0.4, -0.2) is 17.0 Å². The van der Waals surface area contributed by atoms with Gasteiger partial charge in [-0.1, -0.05) is 29.8 Å². The minimum atomic E-state index is 0.0140. The number of hydrogen-bond acceptors (Lipinski definition) is 3. The highest BCUT2D eigenvalue weighted by atomic mass is 35.5. The van der Waals surface area contributed by atoms with Crippen molar-refractivity contribution >= 4 is 22.5 Å². The molecule has 2 aromatic heterocycles. The summed E-state index contributed by atoms with van der Waals surface area (Å²) in [5.41, 5.74) is 3.08. The predicted octanol–water partition coefficient (Wildman–Crippen LogP) is 3.59. The molecular weight excluding hydrogens is 270 g/mol. The maximum absolute atomic E-state index is 5.91. The van der Waals surface area contributed by atoms with Crippen molar-refractivity contribution in [1.82, 2.24) is 15.3 Å². The molecule has 3 nitrogen and oxygen atoms in total. The molecule has 0 fully saturated rings. The number of fused-ring (bicyclic) bond motifs is 1. The summed E-state index contributed by atoms with van der Waals surface area (Å²) in [4.78, 5) is 8.81. The van der Waals surface area contributed by atoms with E-state index in [2.05, 4.69) is 27.4 Å². The lowest BCUT2D eigenvalue weighted by molar-refractivity contribution is 0.675. The van der Waals surface area contributed by atoms with Crippen molar-refractivity contribution in [2.45, 2.75) is 6.04 Å². The van der Waals surface area contributed by atoms with E-state index in [1.54, 1.807) is 12.4 Å². The molecule has 0 bridgehead atoms. The highest BCUT2D eigenvalue weighted by Crippen LogP contribution is 2.27. The number of halogens is 1. The van der Waals surface area contributed by atoms with Crippen molar-refractivity contribution in [1.29, 1.82) is 0 Å². The number of aromatic nitrogens is 2. The summed E-state index contributed by atoms with van der Waals surface area (Å²) in [5.74, 6) is 0. The van der Waals surface area contributed by atoms with E-state index in [-0.39, 0.29) is 6.04 Å². The van der Waals surface area contributed by atoms with Gasteiger partial charge >= 0.3 is 0 Å². The van der Waals surface area contributed by atoms with Crippen LogP contribution in [0, 0.1) is 0 Å². The third kappa shape index (κ3) is 2.38. The van der Waals surface area contributed by atoms with E-state index in [0.29, 0.717) is 5.02 Å². The molecule has 0 saturated heterocycles. The number of hydrogen-bond donors (Lipinski definition) is 1. The Morgan fingerprint density at radius 3 is 2.70 bits per heavy atom. The molecular formula is C16H14ClN3. The van der Waals surface area contributed by atoms with Gasteiger partial charge in [0.25, 0.3) is 0 Å². The Labute approximate surface area is 122 Å². The second kappa shape index (κ2) is 5.57.